The van der Waals surface area contributed by atoms with E-state index in [1.807, 2.05) is 12.1 Å². The van der Waals surface area contributed by atoms with Crippen LogP contribution in [0.5, 0.6) is 0 Å². The van der Waals surface area contributed by atoms with Gasteiger partial charge >= 0.3 is 0 Å². The molecule has 0 amide bonds. The van der Waals surface area contributed by atoms with Crippen molar-refractivity contribution in [3.05, 3.63) is 23.4 Å². The van der Waals surface area contributed by atoms with Crippen LogP contribution < -0.4 is 4.90 Å². The van der Waals surface area contributed by atoms with Gasteiger partial charge in [-0.3, -0.25) is 0 Å². The molecule has 0 spiro atoms. The molecular weight excluding hydrogens is 222 g/mol. The van der Waals surface area contributed by atoms with Crippen molar-refractivity contribution in [1.82, 2.24) is 9.88 Å². The van der Waals surface area contributed by atoms with Gasteiger partial charge in [-0.25, -0.2) is 4.98 Å². The van der Waals surface area contributed by atoms with E-state index in [9.17, 15) is 0 Å². The molecule has 3 heterocycles. The normalized spacial score (nSPS) is 29.8. The van der Waals surface area contributed by atoms with Gasteiger partial charge < -0.3 is 9.80 Å². The standard InChI is InChI=1S/C12H16ClN3/c1-15-5-9-7-16(8-10(9)6-15)12-3-2-11(13)4-14-12/h2-4,9-10H,5-8H2,1H3. The molecule has 2 aliphatic heterocycles. The SMILES string of the molecule is CN1CC2CN(c3ccc(Cl)cn3)CC2C1. The maximum Gasteiger partial charge on any atom is 0.128 e. The summed E-state index contributed by atoms with van der Waals surface area (Å²) in [5.74, 6) is 2.71. The largest absolute Gasteiger partial charge is 0.356 e. The van der Waals surface area contributed by atoms with Crippen LogP contribution in [0, 0.1) is 11.8 Å². The van der Waals surface area contributed by atoms with Crippen LogP contribution in [-0.2, 0) is 0 Å². The van der Waals surface area contributed by atoms with Crippen molar-refractivity contribution in [2.45, 2.75) is 0 Å². The van der Waals surface area contributed by atoms with Crippen LogP contribution in [0.4, 0.5) is 5.82 Å². The number of rotatable bonds is 1. The van der Waals surface area contributed by atoms with E-state index in [1.54, 1.807) is 6.20 Å². The summed E-state index contributed by atoms with van der Waals surface area (Å²) >= 11 is 5.85. The summed E-state index contributed by atoms with van der Waals surface area (Å²) in [6.07, 6.45) is 1.73. The molecule has 1 aromatic heterocycles. The lowest BCUT2D eigenvalue weighted by Gasteiger charge is -2.20. The second-order valence-corrected chi connectivity index (χ2v) is 5.42. The van der Waals surface area contributed by atoms with Gasteiger partial charge in [0.15, 0.2) is 0 Å². The minimum absolute atomic E-state index is 0.711. The minimum Gasteiger partial charge on any atom is -0.356 e. The number of fused-ring (bicyclic) bond motifs is 1. The van der Waals surface area contributed by atoms with Gasteiger partial charge in [-0.2, -0.15) is 0 Å². The van der Waals surface area contributed by atoms with Crippen LogP contribution in [0.3, 0.4) is 0 Å². The zero-order valence-corrected chi connectivity index (χ0v) is 10.2. The Kier molecular flexibility index (Phi) is 2.52. The minimum atomic E-state index is 0.711. The number of anilines is 1. The molecule has 0 saturated carbocycles. The summed E-state index contributed by atoms with van der Waals surface area (Å²) in [6, 6.07) is 3.94. The Bertz CT molecular complexity index is 364. The van der Waals surface area contributed by atoms with Crippen molar-refractivity contribution in [3.63, 3.8) is 0 Å². The monoisotopic (exact) mass is 237 g/mol. The zero-order valence-electron chi connectivity index (χ0n) is 9.43. The molecule has 86 valence electrons. The third-order valence-corrected chi connectivity index (χ3v) is 3.93. The average molecular weight is 238 g/mol. The zero-order chi connectivity index (χ0) is 11.1. The number of likely N-dealkylation sites (tertiary alicyclic amines) is 1. The molecule has 2 fully saturated rings. The van der Waals surface area contributed by atoms with Crippen LogP contribution in [0.25, 0.3) is 0 Å². The van der Waals surface area contributed by atoms with Gasteiger partial charge in [0.2, 0.25) is 0 Å². The molecule has 4 heteroatoms. The molecule has 3 nitrogen and oxygen atoms in total. The topological polar surface area (TPSA) is 19.4 Å². The lowest BCUT2D eigenvalue weighted by Crippen LogP contribution is -2.27. The third kappa shape index (κ3) is 1.78. The number of hydrogen-bond acceptors (Lipinski definition) is 3. The predicted molar refractivity (Wildman–Crippen MR) is 65.9 cm³/mol. The molecule has 0 radical (unpaired) electrons. The predicted octanol–water partition coefficient (Wildman–Crippen LogP) is 1.73. The maximum atomic E-state index is 5.85. The molecule has 0 N–H and O–H groups in total. The molecule has 0 aromatic carbocycles. The Morgan fingerprint density at radius 1 is 1.19 bits per heavy atom. The van der Waals surface area contributed by atoms with Gasteiger partial charge in [0, 0.05) is 32.4 Å². The first-order chi connectivity index (χ1) is 7.72. The van der Waals surface area contributed by atoms with E-state index in [-0.39, 0.29) is 0 Å². The highest BCUT2D eigenvalue weighted by molar-refractivity contribution is 6.30. The molecule has 2 aliphatic rings. The molecule has 2 saturated heterocycles. The molecular formula is C12H16ClN3. The smallest absolute Gasteiger partial charge is 0.128 e. The van der Waals surface area contributed by atoms with Gasteiger partial charge in [0.05, 0.1) is 5.02 Å². The van der Waals surface area contributed by atoms with Gasteiger partial charge in [-0.1, -0.05) is 11.6 Å². The van der Waals surface area contributed by atoms with E-state index in [2.05, 4.69) is 21.8 Å². The first-order valence-corrected chi connectivity index (χ1v) is 6.15. The molecule has 2 unspecified atom stereocenters. The first-order valence-electron chi connectivity index (χ1n) is 5.77. The van der Waals surface area contributed by atoms with Crippen molar-refractivity contribution < 1.29 is 0 Å². The van der Waals surface area contributed by atoms with Gasteiger partial charge in [-0.15, -0.1) is 0 Å². The highest BCUT2D eigenvalue weighted by atomic mass is 35.5. The highest BCUT2D eigenvalue weighted by Gasteiger charge is 2.38. The fraction of sp³-hybridized carbons (Fsp3) is 0.583. The number of pyridine rings is 1. The number of nitrogens with zero attached hydrogens (tertiary/aromatic N) is 3. The van der Waals surface area contributed by atoms with Gasteiger partial charge in [-0.05, 0) is 31.0 Å². The fourth-order valence-electron chi connectivity index (χ4n) is 2.97. The molecule has 0 aliphatic carbocycles. The summed E-state index contributed by atoms with van der Waals surface area (Å²) < 4.78 is 0. The van der Waals surface area contributed by atoms with Gasteiger partial charge in [0.25, 0.3) is 0 Å². The summed E-state index contributed by atoms with van der Waals surface area (Å²) in [5, 5.41) is 0.711. The van der Waals surface area contributed by atoms with Crippen molar-refractivity contribution in [2.24, 2.45) is 11.8 Å². The van der Waals surface area contributed by atoms with Crippen LogP contribution in [-0.4, -0.2) is 43.1 Å². The van der Waals surface area contributed by atoms with E-state index in [4.69, 9.17) is 11.6 Å². The molecule has 16 heavy (non-hydrogen) atoms. The maximum absolute atomic E-state index is 5.85. The quantitative estimate of drug-likeness (QED) is 0.742. The number of hydrogen-bond donors (Lipinski definition) is 0. The van der Waals surface area contributed by atoms with E-state index in [0.29, 0.717) is 5.02 Å². The lowest BCUT2D eigenvalue weighted by atomic mass is 10.0. The fourth-order valence-corrected chi connectivity index (χ4v) is 3.08. The van der Waals surface area contributed by atoms with E-state index < -0.39 is 0 Å². The molecule has 1 aromatic rings. The van der Waals surface area contributed by atoms with E-state index >= 15 is 0 Å². The van der Waals surface area contributed by atoms with Crippen molar-refractivity contribution in [3.8, 4) is 0 Å². The molecule has 2 atom stereocenters. The second kappa shape index (κ2) is 3.90. The summed E-state index contributed by atoms with van der Waals surface area (Å²) in [5.41, 5.74) is 0. The summed E-state index contributed by atoms with van der Waals surface area (Å²) in [7, 11) is 2.21. The summed E-state index contributed by atoms with van der Waals surface area (Å²) in [4.78, 5) is 9.21. The number of halogens is 1. The van der Waals surface area contributed by atoms with Crippen LogP contribution in [0.2, 0.25) is 5.02 Å². The average Bonchev–Trinajstić information content (AvgIpc) is 2.75. The Labute approximate surface area is 101 Å². The highest BCUT2D eigenvalue weighted by Crippen LogP contribution is 2.32. The van der Waals surface area contributed by atoms with Crippen LogP contribution in [0.15, 0.2) is 18.3 Å². The van der Waals surface area contributed by atoms with Crippen molar-refractivity contribution in [1.29, 1.82) is 0 Å². The Morgan fingerprint density at radius 3 is 2.44 bits per heavy atom. The van der Waals surface area contributed by atoms with Crippen molar-refractivity contribution >= 4 is 17.4 Å². The van der Waals surface area contributed by atoms with Crippen molar-refractivity contribution in [2.75, 3.05) is 38.1 Å². The third-order valence-electron chi connectivity index (χ3n) is 3.70. The number of aromatic nitrogens is 1. The first kappa shape index (κ1) is 10.4. The molecule has 3 rings (SSSR count). The Morgan fingerprint density at radius 2 is 1.88 bits per heavy atom. The van der Waals surface area contributed by atoms with E-state index in [1.165, 1.54) is 13.1 Å². The summed E-state index contributed by atoms with van der Waals surface area (Å²) in [6.45, 7) is 4.75. The lowest BCUT2D eigenvalue weighted by molar-refractivity contribution is 0.387. The van der Waals surface area contributed by atoms with E-state index in [0.717, 1.165) is 30.7 Å². The Balaban J connectivity index is 1.73. The van der Waals surface area contributed by atoms with Crippen LogP contribution in [0.1, 0.15) is 0 Å². The van der Waals surface area contributed by atoms with Gasteiger partial charge in [0.1, 0.15) is 5.82 Å². The second-order valence-electron chi connectivity index (χ2n) is 4.98. The van der Waals surface area contributed by atoms with Crippen LogP contribution >= 0.6 is 11.6 Å². The molecule has 0 bridgehead atoms. The Hall–Kier alpha value is -0.800.